The van der Waals surface area contributed by atoms with Crippen molar-refractivity contribution >= 4 is 11.3 Å². The first-order valence-electron chi connectivity index (χ1n) is 5.12. The lowest BCUT2D eigenvalue weighted by Gasteiger charge is -2.13. The van der Waals surface area contributed by atoms with E-state index in [2.05, 4.69) is 36.7 Å². The molecule has 1 rings (SSSR count). The minimum Gasteiger partial charge on any atom is -0.314 e. The minimum absolute atomic E-state index is 0.708. The van der Waals surface area contributed by atoms with Crippen molar-refractivity contribution in [2.24, 2.45) is 0 Å². The van der Waals surface area contributed by atoms with E-state index >= 15 is 0 Å². The zero-order chi connectivity index (χ0) is 9.52. The largest absolute Gasteiger partial charge is 0.314 e. The van der Waals surface area contributed by atoms with Crippen LogP contribution >= 0.6 is 11.3 Å². The van der Waals surface area contributed by atoms with E-state index in [1.165, 1.54) is 24.1 Å². The molecule has 0 saturated heterocycles. The van der Waals surface area contributed by atoms with Gasteiger partial charge in [-0.1, -0.05) is 19.9 Å². The zero-order valence-corrected chi connectivity index (χ0v) is 9.36. The third-order valence-corrected chi connectivity index (χ3v) is 3.31. The molecule has 74 valence electrons. The van der Waals surface area contributed by atoms with Crippen LogP contribution in [0.1, 0.15) is 31.6 Å². The summed E-state index contributed by atoms with van der Waals surface area (Å²) < 4.78 is 0. The van der Waals surface area contributed by atoms with E-state index in [-0.39, 0.29) is 0 Å². The van der Waals surface area contributed by atoms with Gasteiger partial charge in [0.1, 0.15) is 0 Å². The van der Waals surface area contributed by atoms with Crippen LogP contribution in [-0.4, -0.2) is 12.6 Å². The first kappa shape index (κ1) is 10.7. The summed E-state index contributed by atoms with van der Waals surface area (Å²) in [7, 11) is 0. The summed E-state index contributed by atoms with van der Waals surface area (Å²) in [6.07, 6.45) is 3.65. The van der Waals surface area contributed by atoms with Crippen LogP contribution in [0.3, 0.4) is 0 Å². The van der Waals surface area contributed by atoms with E-state index in [4.69, 9.17) is 0 Å². The Morgan fingerprint density at radius 2 is 2.15 bits per heavy atom. The third-order valence-electron chi connectivity index (χ3n) is 2.37. The Kier molecular flexibility index (Phi) is 5.09. The van der Waals surface area contributed by atoms with Crippen LogP contribution in [0.5, 0.6) is 0 Å². The molecule has 0 spiro atoms. The standard InChI is InChI=1S/C11H19NS/c1-3-10(4-2)12-8-7-11-6-5-9-13-11/h5-6,9-10,12H,3-4,7-8H2,1-2H3. The highest BCUT2D eigenvalue weighted by Crippen LogP contribution is 2.08. The van der Waals surface area contributed by atoms with Crippen LogP contribution in [0.15, 0.2) is 17.5 Å². The first-order valence-corrected chi connectivity index (χ1v) is 6.00. The molecular weight excluding hydrogens is 178 g/mol. The molecule has 0 aromatic carbocycles. The van der Waals surface area contributed by atoms with Crippen LogP contribution in [-0.2, 0) is 6.42 Å². The molecule has 0 aliphatic heterocycles. The van der Waals surface area contributed by atoms with Gasteiger partial charge in [-0.15, -0.1) is 11.3 Å². The van der Waals surface area contributed by atoms with Crippen LogP contribution < -0.4 is 5.32 Å². The molecule has 0 unspecified atom stereocenters. The maximum absolute atomic E-state index is 3.56. The molecule has 0 amide bonds. The second-order valence-electron chi connectivity index (χ2n) is 3.30. The highest BCUT2D eigenvalue weighted by Gasteiger charge is 2.01. The van der Waals surface area contributed by atoms with E-state index in [9.17, 15) is 0 Å². The predicted molar refractivity (Wildman–Crippen MR) is 60.4 cm³/mol. The lowest BCUT2D eigenvalue weighted by Crippen LogP contribution is -2.29. The fraction of sp³-hybridized carbons (Fsp3) is 0.636. The first-order chi connectivity index (χ1) is 6.36. The molecule has 1 nitrogen and oxygen atoms in total. The van der Waals surface area contributed by atoms with Gasteiger partial charge in [0.25, 0.3) is 0 Å². The lowest BCUT2D eigenvalue weighted by molar-refractivity contribution is 0.489. The molecule has 1 aromatic rings. The molecule has 1 N–H and O–H groups in total. The Labute approximate surface area is 85.2 Å². The van der Waals surface area contributed by atoms with Crippen molar-refractivity contribution in [2.45, 2.75) is 39.2 Å². The summed E-state index contributed by atoms with van der Waals surface area (Å²) in [4.78, 5) is 1.48. The second-order valence-corrected chi connectivity index (χ2v) is 4.33. The molecule has 13 heavy (non-hydrogen) atoms. The normalized spacial score (nSPS) is 11.0. The fourth-order valence-corrected chi connectivity index (χ4v) is 2.14. The van der Waals surface area contributed by atoms with Gasteiger partial charge >= 0.3 is 0 Å². The Morgan fingerprint density at radius 3 is 2.69 bits per heavy atom. The Balaban J connectivity index is 2.13. The Morgan fingerprint density at radius 1 is 1.38 bits per heavy atom. The molecule has 0 atom stereocenters. The number of nitrogens with one attached hydrogen (secondary N) is 1. The SMILES string of the molecule is CCC(CC)NCCc1cccs1. The van der Waals surface area contributed by atoms with Crippen molar-refractivity contribution in [3.8, 4) is 0 Å². The summed E-state index contributed by atoms with van der Waals surface area (Å²) in [6.45, 7) is 5.60. The molecule has 0 aliphatic rings. The van der Waals surface area contributed by atoms with Crippen LogP contribution in [0, 0.1) is 0 Å². The summed E-state index contributed by atoms with van der Waals surface area (Å²) in [5.74, 6) is 0. The van der Waals surface area contributed by atoms with Crippen molar-refractivity contribution in [1.29, 1.82) is 0 Å². The van der Waals surface area contributed by atoms with Crippen LogP contribution in [0.4, 0.5) is 0 Å². The molecule has 0 saturated carbocycles. The van der Waals surface area contributed by atoms with E-state index in [0.29, 0.717) is 6.04 Å². The molecule has 2 heteroatoms. The smallest absolute Gasteiger partial charge is 0.00619 e. The van der Waals surface area contributed by atoms with Gasteiger partial charge < -0.3 is 5.32 Å². The van der Waals surface area contributed by atoms with Crippen molar-refractivity contribution in [1.82, 2.24) is 5.32 Å². The topological polar surface area (TPSA) is 12.0 Å². The Bertz CT molecular complexity index is 202. The predicted octanol–water partition coefficient (Wildman–Crippen LogP) is 3.07. The van der Waals surface area contributed by atoms with Gasteiger partial charge in [-0.3, -0.25) is 0 Å². The highest BCUT2D eigenvalue weighted by atomic mass is 32.1. The molecule has 0 bridgehead atoms. The number of thiophene rings is 1. The van der Waals surface area contributed by atoms with Gasteiger partial charge in [0.05, 0.1) is 0 Å². The van der Waals surface area contributed by atoms with Crippen molar-refractivity contribution in [3.05, 3.63) is 22.4 Å². The van der Waals surface area contributed by atoms with Crippen LogP contribution in [0.2, 0.25) is 0 Å². The molecule has 1 heterocycles. The minimum atomic E-state index is 0.708. The van der Waals surface area contributed by atoms with E-state index in [1.54, 1.807) is 0 Å². The molecule has 0 radical (unpaired) electrons. The Hall–Kier alpha value is -0.340. The fourth-order valence-electron chi connectivity index (χ4n) is 1.43. The van der Waals surface area contributed by atoms with Crippen LogP contribution in [0.25, 0.3) is 0 Å². The van der Waals surface area contributed by atoms with E-state index in [0.717, 1.165) is 6.54 Å². The molecular formula is C11H19NS. The lowest BCUT2D eigenvalue weighted by atomic mass is 10.1. The molecule has 0 aliphatic carbocycles. The van der Waals surface area contributed by atoms with Gasteiger partial charge in [0, 0.05) is 17.5 Å². The second kappa shape index (κ2) is 6.17. The molecule has 1 aromatic heterocycles. The summed E-state index contributed by atoms with van der Waals surface area (Å²) >= 11 is 1.85. The maximum atomic E-state index is 3.56. The average molecular weight is 197 g/mol. The number of hydrogen-bond donors (Lipinski definition) is 1. The van der Waals surface area contributed by atoms with Gasteiger partial charge in [-0.25, -0.2) is 0 Å². The number of rotatable bonds is 6. The third kappa shape index (κ3) is 3.92. The number of hydrogen-bond acceptors (Lipinski definition) is 2. The zero-order valence-electron chi connectivity index (χ0n) is 8.55. The quantitative estimate of drug-likeness (QED) is 0.739. The summed E-state index contributed by atoms with van der Waals surface area (Å²) in [6, 6.07) is 5.04. The maximum Gasteiger partial charge on any atom is 0.00619 e. The van der Waals surface area contributed by atoms with Gasteiger partial charge in [-0.2, -0.15) is 0 Å². The van der Waals surface area contributed by atoms with Crippen molar-refractivity contribution < 1.29 is 0 Å². The van der Waals surface area contributed by atoms with Gasteiger partial charge in [0.2, 0.25) is 0 Å². The summed E-state index contributed by atoms with van der Waals surface area (Å²) in [5.41, 5.74) is 0. The monoisotopic (exact) mass is 197 g/mol. The van der Waals surface area contributed by atoms with Crippen molar-refractivity contribution in [2.75, 3.05) is 6.54 Å². The van der Waals surface area contributed by atoms with Gasteiger partial charge in [0.15, 0.2) is 0 Å². The van der Waals surface area contributed by atoms with Gasteiger partial charge in [-0.05, 0) is 30.7 Å². The van der Waals surface area contributed by atoms with E-state index in [1.807, 2.05) is 11.3 Å². The summed E-state index contributed by atoms with van der Waals surface area (Å²) in [5, 5.41) is 5.71. The van der Waals surface area contributed by atoms with E-state index < -0.39 is 0 Å². The molecule has 0 fully saturated rings. The average Bonchev–Trinajstić information content (AvgIpc) is 2.65. The highest BCUT2D eigenvalue weighted by molar-refractivity contribution is 7.09. The van der Waals surface area contributed by atoms with Crippen molar-refractivity contribution in [3.63, 3.8) is 0 Å².